The average Bonchev–Trinajstić information content (AvgIpc) is 2.91. The zero-order chi connectivity index (χ0) is 29.2. The minimum Gasteiger partial charge on any atom is -0.207 e. The molecule has 4 aromatic rings. The van der Waals surface area contributed by atoms with Crippen LogP contribution in [0.15, 0.2) is 107 Å². The summed E-state index contributed by atoms with van der Waals surface area (Å²) in [6, 6.07) is -7.83. The monoisotopic (exact) mass is 324 g/mol. The fraction of sp³-hybridized carbons (Fsp3) is 0. The van der Waals surface area contributed by atoms with Crippen molar-refractivity contribution in [2.75, 3.05) is 0 Å². The highest BCUT2D eigenvalue weighted by atomic mass is 16.3. The smallest absolute Gasteiger partial charge is 0.207 e. The number of benzene rings is 3. The summed E-state index contributed by atoms with van der Waals surface area (Å²) >= 11 is 0. The van der Waals surface area contributed by atoms with Crippen LogP contribution < -0.4 is 0 Å². The molecule has 1 heteroatoms. The molecule has 0 N–H and O–H groups in total. The van der Waals surface area contributed by atoms with Crippen LogP contribution in [0.2, 0.25) is 0 Å². The Morgan fingerprint density at radius 3 is 1.25 bits per heavy atom. The van der Waals surface area contributed by atoms with Crippen molar-refractivity contribution in [1.29, 1.82) is 0 Å². The van der Waals surface area contributed by atoms with Gasteiger partial charge in [-0.2, -0.15) is 0 Å². The van der Waals surface area contributed by atoms with Crippen LogP contribution in [0, 0.1) is 0 Å². The number of hydrogen-bond acceptors (Lipinski definition) is 0. The predicted molar refractivity (Wildman–Crippen MR) is 99.4 cm³/mol. The highest BCUT2D eigenvalue weighted by Gasteiger charge is 2.20. The highest BCUT2D eigenvalue weighted by molar-refractivity contribution is 5.74. The molecule has 0 spiro atoms. The Hall–Kier alpha value is -3.19. The SMILES string of the molecule is [2H]c1c([2H])c([2H])c(-c2cc(-c3c([2H])c([2H])c([2H])c([2H])c3[2H])[o+]c(-c3c([2H])c([2H])c([2H])c([2H])c3[2H])c2)c([2H])c1[2H]. The Morgan fingerprint density at radius 2 is 0.833 bits per heavy atom. The molecule has 0 saturated carbocycles. The summed E-state index contributed by atoms with van der Waals surface area (Å²) in [5.41, 5.74) is -1.35. The Kier molecular flexibility index (Phi) is 1.47. The van der Waals surface area contributed by atoms with E-state index in [1.54, 1.807) is 0 Å². The summed E-state index contributed by atoms with van der Waals surface area (Å²) in [5, 5.41) is 0. The first-order valence-corrected chi connectivity index (χ1v) is 6.81. The zero-order valence-corrected chi connectivity index (χ0v) is 12.1. The molecule has 0 radical (unpaired) electrons. The van der Waals surface area contributed by atoms with Crippen LogP contribution in [0.5, 0.6) is 0 Å². The molecule has 0 aliphatic carbocycles. The molecule has 4 rings (SSSR count). The molecule has 0 bridgehead atoms. The van der Waals surface area contributed by atoms with Gasteiger partial charge in [-0.1, -0.05) is 66.5 Å². The Balaban J connectivity index is 2.22. The van der Waals surface area contributed by atoms with E-state index in [0.717, 1.165) is 12.1 Å². The quantitative estimate of drug-likeness (QED) is 0.388. The number of hydrogen-bond donors (Lipinski definition) is 0. The van der Waals surface area contributed by atoms with Gasteiger partial charge in [0, 0.05) is 5.56 Å². The van der Waals surface area contributed by atoms with Crippen LogP contribution in [0.3, 0.4) is 0 Å². The maximum Gasteiger partial charge on any atom is 0.361 e. The average molecular weight is 324 g/mol. The van der Waals surface area contributed by atoms with Gasteiger partial charge >= 0.3 is 11.5 Å². The molecule has 1 heterocycles. The second-order valence-corrected chi connectivity index (χ2v) is 4.57. The molecule has 3 aromatic carbocycles. The van der Waals surface area contributed by atoms with Gasteiger partial charge in [0.1, 0.15) is 0 Å². The van der Waals surface area contributed by atoms with Crippen LogP contribution in [0.1, 0.15) is 20.6 Å². The lowest BCUT2D eigenvalue weighted by Gasteiger charge is -2.02. The van der Waals surface area contributed by atoms with Gasteiger partial charge in [-0.05, 0) is 29.7 Å². The van der Waals surface area contributed by atoms with Crippen molar-refractivity contribution in [3.63, 3.8) is 0 Å². The molecule has 0 aliphatic rings. The summed E-state index contributed by atoms with van der Waals surface area (Å²) in [6.45, 7) is 0. The maximum absolute atomic E-state index is 8.36. The van der Waals surface area contributed by atoms with Crippen molar-refractivity contribution in [1.82, 2.24) is 0 Å². The molecule has 24 heavy (non-hydrogen) atoms. The lowest BCUT2D eigenvalue weighted by atomic mass is 10.0. The standard InChI is InChI=1S/C23H17O/c1-4-10-18(11-5-1)21-16-22(19-12-6-2-7-13-19)24-23(17-21)20-14-8-3-9-15-20/h1-17H/q+1/i1D,2D,3D,4D,5D,6D,7D,8D,9D,10D,11D,12D,13D,14D,15D. The van der Waals surface area contributed by atoms with E-state index in [-0.39, 0.29) is 11.1 Å². The normalized spacial score (nSPS) is 19.2. The summed E-state index contributed by atoms with van der Waals surface area (Å²) in [6.07, 6.45) is 0. The molecular formula is C23H17O+. The van der Waals surface area contributed by atoms with E-state index in [9.17, 15) is 0 Å². The molecule has 0 amide bonds. The summed E-state index contributed by atoms with van der Waals surface area (Å²) < 4.78 is 128. The van der Waals surface area contributed by atoms with Crippen molar-refractivity contribution < 1.29 is 25.0 Å². The molecule has 1 nitrogen and oxygen atoms in total. The van der Waals surface area contributed by atoms with Crippen LogP contribution in [0.25, 0.3) is 33.8 Å². The maximum atomic E-state index is 8.36. The third-order valence-electron chi connectivity index (χ3n) is 3.07. The minimum atomic E-state index is -0.696. The van der Waals surface area contributed by atoms with E-state index in [1.165, 1.54) is 0 Å². The first-order valence-electron chi connectivity index (χ1n) is 14.3. The molecule has 114 valence electrons. The van der Waals surface area contributed by atoms with Crippen molar-refractivity contribution >= 4 is 0 Å². The van der Waals surface area contributed by atoms with E-state index in [4.69, 9.17) is 25.0 Å². The second-order valence-electron chi connectivity index (χ2n) is 4.57. The van der Waals surface area contributed by atoms with E-state index in [2.05, 4.69) is 0 Å². The lowest BCUT2D eigenvalue weighted by molar-refractivity contribution is 0.582. The largest absolute Gasteiger partial charge is 0.361 e. The second kappa shape index (κ2) is 6.51. The number of rotatable bonds is 3. The predicted octanol–water partition coefficient (Wildman–Crippen LogP) is 6.56. The van der Waals surface area contributed by atoms with E-state index in [1.807, 2.05) is 0 Å². The van der Waals surface area contributed by atoms with Crippen LogP contribution in [0.4, 0.5) is 0 Å². The van der Waals surface area contributed by atoms with E-state index in [0.29, 0.717) is 0 Å². The van der Waals surface area contributed by atoms with Gasteiger partial charge in [0.15, 0.2) is 0 Å². The molecule has 0 saturated heterocycles. The van der Waals surface area contributed by atoms with Crippen molar-refractivity contribution in [2.45, 2.75) is 0 Å². The lowest BCUT2D eigenvalue weighted by Crippen LogP contribution is -1.85. The first-order chi connectivity index (χ1) is 18.1. The van der Waals surface area contributed by atoms with Gasteiger partial charge in [-0.25, -0.2) is 4.42 Å². The van der Waals surface area contributed by atoms with E-state index < -0.39 is 113 Å². The molecule has 0 atom stereocenters. The summed E-state index contributed by atoms with van der Waals surface area (Å²) in [4.78, 5) is 0. The Labute approximate surface area is 162 Å². The Morgan fingerprint density at radius 1 is 0.458 bits per heavy atom. The minimum absolute atomic E-state index is 0.137. The zero-order valence-electron chi connectivity index (χ0n) is 27.1. The topological polar surface area (TPSA) is 11.3 Å². The van der Waals surface area contributed by atoms with Gasteiger partial charge in [-0.3, -0.25) is 0 Å². The van der Waals surface area contributed by atoms with Gasteiger partial charge in [-0.15, -0.1) is 0 Å². The summed E-state index contributed by atoms with van der Waals surface area (Å²) in [5.74, 6) is -0.837. The third kappa shape index (κ3) is 2.97. The van der Waals surface area contributed by atoms with Gasteiger partial charge in [0.25, 0.3) is 0 Å². The van der Waals surface area contributed by atoms with Gasteiger partial charge in [0.05, 0.1) is 43.8 Å². The Bertz CT molecular complexity index is 1420. The van der Waals surface area contributed by atoms with Crippen molar-refractivity contribution in [3.8, 4) is 33.8 Å². The third-order valence-corrected chi connectivity index (χ3v) is 3.07. The molecule has 1 aromatic heterocycles. The fourth-order valence-electron chi connectivity index (χ4n) is 2.03. The van der Waals surface area contributed by atoms with E-state index >= 15 is 0 Å². The van der Waals surface area contributed by atoms with Crippen LogP contribution >= 0.6 is 0 Å². The molecule has 0 unspecified atom stereocenters. The highest BCUT2D eigenvalue weighted by Crippen LogP contribution is 2.32. The first kappa shape index (κ1) is 5.42. The molecule has 0 aliphatic heterocycles. The van der Waals surface area contributed by atoms with Crippen LogP contribution in [-0.4, -0.2) is 0 Å². The van der Waals surface area contributed by atoms with Crippen molar-refractivity contribution in [3.05, 3.63) is 103 Å². The molecule has 0 fully saturated rings. The fourth-order valence-corrected chi connectivity index (χ4v) is 2.03. The van der Waals surface area contributed by atoms with Gasteiger partial charge < -0.3 is 0 Å². The molecular weight excluding hydrogens is 292 g/mol. The van der Waals surface area contributed by atoms with Crippen LogP contribution in [-0.2, 0) is 0 Å². The van der Waals surface area contributed by atoms with Crippen molar-refractivity contribution in [2.24, 2.45) is 0 Å². The van der Waals surface area contributed by atoms with Gasteiger partial charge in [0.2, 0.25) is 0 Å². The summed E-state index contributed by atoms with van der Waals surface area (Å²) in [7, 11) is 0.